The lowest BCUT2D eigenvalue weighted by molar-refractivity contribution is 0.133. The standard InChI is InChI=1S/C15H21N5O/c1-10(21)15(2,3)19-12-9-13(20-16)18-14(17-12)11-7-5-4-6-8-11/h4-10,21H,16H2,1-3H3,(H2,17,18,19,20). The molecule has 2 aromatic rings. The summed E-state index contributed by atoms with van der Waals surface area (Å²) in [5.74, 6) is 7.14. The first kappa shape index (κ1) is 15.2. The molecule has 0 fully saturated rings. The fourth-order valence-electron chi connectivity index (χ4n) is 1.74. The van der Waals surface area contributed by atoms with E-state index in [2.05, 4.69) is 20.7 Å². The van der Waals surface area contributed by atoms with Gasteiger partial charge in [0.05, 0.1) is 11.6 Å². The number of aliphatic hydroxyl groups is 1. The molecular formula is C15H21N5O. The van der Waals surface area contributed by atoms with Crippen LogP contribution >= 0.6 is 0 Å². The predicted molar refractivity (Wildman–Crippen MR) is 84.7 cm³/mol. The summed E-state index contributed by atoms with van der Waals surface area (Å²) >= 11 is 0. The van der Waals surface area contributed by atoms with Crippen molar-refractivity contribution in [2.45, 2.75) is 32.4 Å². The number of hydrogen-bond donors (Lipinski definition) is 4. The Morgan fingerprint density at radius 2 is 1.76 bits per heavy atom. The highest BCUT2D eigenvalue weighted by atomic mass is 16.3. The van der Waals surface area contributed by atoms with Gasteiger partial charge in [-0.05, 0) is 20.8 Å². The molecule has 0 aliphatic carbocycles. The van der Waals surface area contributed by atoms with Crippen LogP contribution in [0.1, 0.15) is 20.8 Å². The highest BCUT2D eigenvalue weighted by Gasteiger charge is 2.24. The molecule has 5 N–H and O–H groups in total. The normalized spacial score (nSPS) is 12.8. The number of aliphatic hydroxyl groups excluding tert-OH is 1. The smallest absolute Gasteiger partial charge is 0.163 e. The summed E-state index contributed by atoms with van der Waals surface area (Å²) < 4.78 is 0. The Morgan fingerprint density at radius 3 is 2.33 bits per heavy atom. The lowest BCUT2D eigenvalue weighted by Crippen LogP contribution is -2.42. The van der Waals surface area contributed by atoms with E-state index in [0.29, 0.717) is 17.5 Å². The summed E-state index contributed by atoms with van der Waals surface area (Å²) in [5.41, 5.74) is 2.92. The number of anilines is 2. The van der Waals surface area contributed by atoms with Crippen LogP contribution in [-0.4, -0.2) is 26.7 Å². The average molecular weight is 287 g/mol. The van der Waals surface area contributed by atoms with Gasteiger partial charge in [-0.3, -0.25) is 0 Å². The molecule has 112 valence electrons. The molecule has 1 unspecified atom stereocenters. The van der Waals surface area contributed by atoms with Gasteiger partial charge < -0.3 is 15.8 Å². The highest BCUT2D eigenvalue weighted by Crippen LogP contribution is 2.23. The molecule has 21 heavy (non-hydrogen) atoms. The molecule has 1 aromatic heterocycles. The van der Waals surface area contributed by atoms with Gasteiger partial charge >= 0.3 is 0 Å². The quantitative estimate of drug-likeness (QED) is 0.496. The number of hydrogen-bond acceptors (Lipinski definition) is 6. The predicted octanol–water partition coefficient (Wildman–Crippen LogP) is 2.00. The minimum Gasteiger partial charge on any atom is -0.391 e. The SMILES string of the molecule is CC(O)C(C)(C)Nc1cc(NN)nc(-c2ccccc2)n1. The minimum atomic E-state index is -0.540. The Hall–Kier alpha value is -2.18. The second-order valence-electron chi connectivity index (χ2n) is 5.50. The third kappa shape index (κ3) is 3.68. The lowest BCUT2D eigenvalue weighted by atomic mass is 9.99. The molecule has 6 heteroatoms. The summed E-state index contributed by atoms with van der Waals surface area (Å²) in [5, 5.41) is 13.0. The van der Waals surface area contributed by atoms with Crippen molar-refractivity contribution in [3.05, 3.63) is 36.4 Å². The lowest BCUT2D eigenvalue weighted by Gasteiger charge is -2.30. The van der Waals surface area contributed by atoms with Crippen molar-refractivity contribution in [3.8, 4) is 11.4 Å². The average Bonchev–Trinajstić information content (AvgIpc) is 2.47. The number of nitrogen functional groups attached to an aromatic ring is 1. The van der Waals surface area contributed by atoms with Crippen molar-refractivity contribution >= 4 is 11.6 Å². The molecule has 2 rings (SSSR count). The number of nitrogens with one attached hydrogen (secondary N) is 2. The molecular weight excluding hydrogens is 266 g/mol. The first-order chi connectivity index (χ1) is 9.92. The first-order valence-electron chi connectivity index (χ1n) is 6.80. The molecule has 0 aliphatic heterocycles. The minimum absolute atomic E-state index is 0.507. The van der Waals surface area contributed by atoms with Crippen LogP contribution in [0.3, 0.4) is 0 Å². The zero-order chi connectivity index (χ0) is 15.5. The van der Waals surface area contributed by atoms with Crippen molar-refractivity contribution in [1.82, 2.24) is 9.97 Å². The van der Waals surface area contributed by atoms with Gasteiger partial charge in [0.15, 0.2) is 5.82 Å². The Bertz CT molecular complexity index is 598. The number of nitrogens with two attached hydrogens (primary N) is 1. The Balaban J connectivity index is 2.39. The van der Waals surface area contributed by atoms with E-state index in [9.17, 15) is 5.11 Å². The molecule has 1 atom stereocenters. The van der Waals surface area contributed by atoms with Gasteiger partial charge in [-0.2, -0.15) is 0 Å². The van der Waals surface area contributed by atoms with Gasteiger partial charge in [0, 0.05) is 11.6 Å². The second kappa shape index (κ2) is 6.07. The maximum atomic E-state index is 9.81. The van der Waals surface area contributed by atoms with Crippen LogP contribution in [0.25, 0.3) is 11.4 Å². The number of hydrazine groups is 1. The van der Waals surface area contributed by atoms with Gasteiger partial charge in [0.2, 0.25) is 0 Å². The molecule has 0 saturated carbocycles. The molecule has 1 aromatic carbocycles. The second-order valence-corrected chi connectivity index (χ2v) is 5.50. The van der Waals surface area contributed by atoms with E-state index in [1.165, 1.54) is 0 Å². The van der Waals surface area contributed by atoms with E-state index in [0.717, 1.165) is 5.56 Å². The zero-order valence-electron chi connectivity index (χ0n) is 12.5. The fourth-order valence-corrected chi connectivity index (χ4v) is 1.74. The number of rotatable bonds is 5. The number of aromatic nitrogens is 2. The van der Waals surface area contributed by atoms with Crippen LogP contribution in [0.15, 0.2) is 36.4 Å². The molecule has 0 aliphatic rings. The zero-order valence-corrected chi connectivity index (χ0v) is 12.5. The third-order valence-electron chi connectivity index (χ3n) is 3.40. The van der Waals surface area contributed by atoms with Crippen LogP contribution in [0.2, 0.25) is 0 Å². The van der Waals surface area contributed by atoms with Crippen molar-refractivity contribution in [3.63, 3.8) is 0 Å². The van der Waals surface area contributed by atoms with Gasteiger partial charge in [0.25, 0.3) is 0 Å². The van der Waals surface area contributed by atoms with Crippen molar-refractivity contribution in [2.24, 2.45) is 5.84 Å². The summed E-state index contributed by atoms with van der Waals surface area (Å²) in [4.78, 5) is 8.84. The van der Waals surface area contributed by atoms with Gasteiger partial charge in [-0.25, -0.2) is 15.8 Å². The van der Waals surface area contributed by atoms with E-state index >= 15 is 0 Å². The Labute approximate surface area is 124 Å². The molecule has 0 amide bonds. The van der Waals surface area contributed by atoms with E-state index in [1.54, 1.807) is 13.0 Å². The van der Waals surface area contributed by atoms with Crippen LogP contribution in [0, 0.1) is 0 Å². The summed E-state index contributed by atoms with van der Waals surface area (Å²) in [6, 6.07) is 11.3. The van der Waals surface area contributed by atoms with Crippen molar-refractivity contribution in [2.75, 3.05) is 10.7 Å². The van der Waals surface area contributed by atoms with Gasteiger partial charge in [-0.1, -0.05) is 30.3 Å². The van der Waals surface area contributed by atoms with Crippen molar-refractivity contribution < 1.29 is 5.11 Å². The van der Waals surface area contributed by atoms with Crippen LogP contribution < -0.4 is 16.6 Å². The Morgan fingerprint density at radius 1 is 1.14 bits per heavy atom. The summed E-state index contributed by atoms with van der Waals surface area (Å²) in [7, 11) is 0. The number of nitrogens with zero attached hydrogens (tertiary/aromatic N) is 2. The van der Waals surface area contributed by atoms with Crippen LogP contribution in [-0.2, 0) is 0 Å². The van der Waals surface area contributed by atoms with Gasteiger partial charge in [-0.15, -0.1) is 0 Å². The molecule has 0 spiro atoms. The molecule has 0 radical (unpaired) electrons. The maximum absolute atomic E-state index is 9.81. The van der Waals surface area contributed by atoms with Crippen LogP contribution in [0.5, 0.6) is 0 Å². The van der Waals surface area contributed by atoms with Gasteiger partial charge in [0.1, 0.15) is 11.6 Å². The van der Waals surface area contributed by atoms with Crippen LogP contribution in [0.4, 0.5) is 11.6 Å². The van der Waals surface area contributed by atoms with E-state index in [1.807, 2.05) is 44.2 Å². The van der Waals surface area contributed by atoms with E-state index in [-0.39, 0.29) is 0 Å². The molecule has 6 nitrogen and oxygen atoms in total. The summed E-state index contributed by atoms with van der Waals surface area (Å²) in [6.07, 6.45) is -0.540. The highest BCUT2D eigenvalue weighted by molar-refractivity contribution is 5.61. The van der Waals surface area contributed by atoms with E-state index in [4.69, 9.17) is 5.84 Å². The monoisotopic (exact) mass is 287 g/mol. The fraction of sp³-hybridized carbons (Fsp3) is 0.333. The topological polar surface area (TPSA) is 96.1 Å². The largest absolute Gasteiger partial charge is 0.391 e. The van der Waals surface area contributed by atoms with Crippen molar-refractivity contribution in [1.29, 1.82) is 0 Å². The molecule has 0 saturated heterocycles. The third-order valence-corrected chi connectivity index (χ3v) is 3.40. The maximum Gasteiger partial charge on any atom is 0.163 e. The van der Waals surface area contributed by atoms with E-state index < -0.39 is 11.6 Å². The Kier molecular flexibility index (Phi) is 4.40. The molecule has 0 bridgehead atoms. The summed E-state index contributed by atoms with van der Waals surface area (Å²) in [6.45, 7) is 5.53. The number of benzene rings is 1. The first-order valence-corrected chi connectivity index (χ1v) is 6.80. The molecule has 1 heterocycles.